The maximum absolute atomic E-state index is 12.3. The van der Waals surface area contributed by atoms with Gasteiger partial charge in [0.15, 0.2) is 0 Å². The molecule has 0 radical (unpaired) electrons. The van der Waals surface area contributed by atoms with Gasteiger partial charge in [0.05, 0.1) is 5.56 Å². The molecule has 2 aromatic rings. The van der Waals surface area contributed by atoms with Gasteiger partial charge in [-0.05, 0) is 48.8 Å². The van der Waals surface area contributed by atoms with Crippen LogP contribution in [0.5, 0.6) is 0 Å². The van der Waals surface area contributed by atoms with Crippen LogP contribution >= 0.6 is 0 Å². The molecule has 180 valence electrons. The second kappa shape index (κ2) is 11.5. The number of rotatable bonds is 10. The monoisotopic (exact) mass is 462 g/mol. The van der Waals surface area contributed by atoms with Gasteiger partial charge in [0.2, 0.25) is 11.8 Å². The zero-order chi connectivity index (χ0) is 24.7. The number of anilines is 2. The number of nitriles is 1. The van der Waals surface area contributed by atoms with Gasteiger partial charge >= 0.3 is 0 Å². The summed E-state index contributed by atoms with van der Waals surface area (Å²) in [4.78, 5) is 31.1. The Labute approximate surface area is 201 Å². The Kier molecular flexibility index (Phi) is 8.47. The summed E-state index contributed by atoms with van der Waals surface area (Å²) in [6.45, 7) is 5.48. The lowest BCUT2D eigenvalue weighted by Crippen LogP contribution is -2.39. The molecule has 1 saturated heterocycles. The van der Waals surface area contributed by atoms with Gasteiger partial charge in [-0.15, -0.1) is 0 Å². The number of carbonyl (C=O) groups excluding carboxylic acids is 2. The maximum Gasteiger partial charge on any atom is 0.244 e. The Bertz CT molecular complexity index is 1060. The number of primary amides is 2. The fraction of sp³-hybridized carbons (Fsp3) is 0.462. The van der Waals surface area contributed by atoms with Gasteiger partial charge in [0, 0.05) is 19.0 Å². The van der Waals surface area contributed by atoms with Gasteiger partial charge in [-0.25, -0.2) is 4.98 Å². The molecule has 2 amide bonds. The Morgan fingerprint density at radius 3 is 2.38 bits per heavy atom. The summed E-state index contributed by atoms with van der Waals surface area (Å²) < 4.78 is 0. The predicted molar refractivity (Wildman–Crippen MR) is 133 cm³/mol. The highest BCUT2D eigenvalue weighted by atomic mass is 16.1. The van der Waals surface area contributed by atoms with Gasteiger partial charge < -0.3 is 21.7 Å². The summed E-state index contributed by atoms with van der Waals surface area (Å²) in [6.07, 6.45) is 4.81. The van der Waals surface area contributed by atoms with Crippen LogP contribution in [0.25, 0.3) is 0 Å². The molecule has 1 aromatic carbocycles. The quantitative estimate of drug-likeness (QED) is 0.496. The first kappa shape index (κ1) is 25.0. The van der Waals surface area contributed by atoms with Crippen LogP contribution in [-0.2, 0) is 22.4 Å². The topological polar surface area (TPSA) is 138 Å². The van der Waals surface area contributed by atoms with E-state index in [0.717, 1.165) is 36.2 Å². The van der Waals surface area contributed by atoms with Crippen molar-refractivity contribution in [1.29, 1.82) is 5.26 Å². The molecule has 1 fully saturated rings. The molecule has 0 aliphatic carbocycles. The van der Waals surface area contributed by atoms with Gasteiger partial charge in [-0.1, -0.05) is 50.6 Å². The number of carbonyl (C=O) groups is 2. The van der Waals surface area contributed by atoms with Gasteiger partial charge in [-0.2, -0.15) is 5.26 Å². The van der Waals surface area contributed by atoms with Crippen LogP contribution in [0, 0.1) is 17.2 Å². The molecule has 1 aromatic heterocycles. The highest BCUT2D eigenvalue weighted by molar-refractivity contribution is 5.85. The number of benzene rings is 1. The van der Waals surface area contributed by atoms with E-state index in [9.17, 15) is 14.9 Å². The van der Waals surface area contributed by atoms with E-state index >= 15 is 0 Å². The second-order valence-corrected chi connectivity index (χ2v) is 8.74. The molecule has 0 saturated carbocycles. The number of piperidine rings is 1. The van der Waals surface area contributed by atoms with Crippen LogP contribution in [-0.4, -0.2) is 29.9 Å². The van der Waals surface area contributed by atoms with E-state index in [4.69, 9.17) is 16.5 Å². The zero-order valence-corrected chi connectivity index (χ0v) is 20.0. The number of amides is 2. The van der Waals surface area contributed by atoms with E-state index in [1.54, 1.807) is 0 Å². The summed E-state index contributed by atoms with van der Waals surface area (Å²) in [5.74, 6) is 0.232. The van der Waals surface area contributed by atoms with Gasteiger partial charge in [0.1, 0.15) is 23.7 Å². The van der Waals surface area contributed by atoms with Crippen LogP contribution in [0.15, 0.2) is 30.3 Å². The standard InChI is InChI=1S/C26H34N6O2/c1-3-5-11-20-19(4-2)21(16-27)25(30-22(24(29)34)17-9-7-6-8-10-17)31-26(20)32-14-12-18(13-15-32)23(28)33/h6-10,18,22H,3-5,11-15H2,1-2H3,(H2,28,33)(H2,29,34)(H,30,31). The zero-order valence-electron chi connectivity index (χ0n) is 20.0. The van der Waals surface area contributed by atoms with Crippen molar-refractivity contribution in [3.05, 3.63) is 52.6 Å². The number of hydrogen-bond donors (Lipinski definition) is 3. The average Bonchev–Trinajstić information content (AvgIpc) is 2.85. The fourth-order valence-electron chi connectivity index (χ4n) is 4.63. The van der Waals surface area contributed by atoms with E-state index < -0.39 is 11.9 Å². The number of unbranched alkanes of at least 4 members (excludes halogenated alkanes) is 1. The Hall–Kier alpha value is -3.60. The molecular weight excluding hydrogens is 428 g/mol. The molecule has 1 atom stereocenters. The van der Waals surface area contributed by atoms with Crippen LogP contribution < -0.4 is 21.7 Å². The van der Waals surface area contributed by atoms with Crippen molar-refractivity contribution in [3.63, 3.8) is 0 Å². The third-order valence-corrected chi connectivity index (χ3v) is 6.53. The minimum Gasteiger partial charge on any atom is -0.369 e. The first-order chi connectivity index (χ1) is 16.4. The molecule has 5 N–H and O–H groups in total. The minimum atomic E-state index is -0.819. The van der Waals surface area contributed by atoms with Crippen LogP contribution in [0.1, 0.15) is 67.8 Å². The SMILES string of the molecule is CCCCc1c(N2CCC(C(N)=O)CC2)nc(NC(C(N)=O)c2ccccc2)c(C#N)c1CC. The van der Waals surface area contributed by atoms with E-state index in [2.05, 4.69) is 23.2 Å². The Morgan fingerprint density at radius 2 is 1.85 bits per heavy atom. The number of nitrogens with two attached hydrogens (primary N) is 2. The van der Waals surface area contributed by atoms with Crippen molar-refractivity contribution >= 4 is 23.5 Å². The molecule has 0 bridgehead atoms. The normalized spacial score (nSPS) is 14.9. The third kappa shape index (κ3) is 5.48. The molecule has 0 spiro atoms. The summed E-state index contributed by atoms with van der Waals surface area (Å²) in [7, 11) is 0. The Balaban J connectivity index is 2.09. The number of nitrogens with zero attached hydrogens (tertiary/aromatic N) is 3. The van der Waals surface area contributed by atoms with Crippen LogP contribution in [0.3, 0.4) is 0 Å². The highest BCUT2D eigenvalue weighted by Crippen LogP contribution is 2.34. The molecular formula is C26H34N6O2. The summed E-state index contributed by atoms with van der Waals surface area (Å²) >= 11 is 0. The first-order valence-corrected chi connectivity index (χ1v) is 12.0. The molecule has 8 nitrogen and oxygen atoms in total. The van der Waals surface area contributed by atoms with Crippen LogP contribution in [0.2, 0.25) is 0 Å². The van der Waals surface area contributed by atoms with E-state index in [1.165, 1.54) is 0 Å². The third-order valence-electron chi connectivity index (χ3n) is 6.53. The molecule has 34 heavy (non-hydrogen) atoms. The maximum atomic E-state index is 12.3. The number of nitrogens with one attached hydrogen (secondary N) is 1. The second-order valence-electron chi connectivity index (χ2n) is 8.74. The van der Waals surface area contributed by atoms with Crippen molar-refractivity contribution in [2.45, 2.75) is 58.4 Å². The molecule has 1 aliphatic heterocycles. The fourth-order valence-corrected chi connectivity index (χ4v) is 4.63. The van der Waals surface area contributed by atoms with Crippen molar-refractivity contribution in [2.75, 3.05) is 23.3 Å². The molecule has 1 aliphatic rings. The van der Waals surface area contributed by atoms with Crippen molar-refractivity contribution < 1.29 is 9.59 Å². The summed E-state index contributed by atoms with van der Waals surface area (Å²) in [5.41, 5.74) is 14.4. The average molecular weight is 463 g/mol. The molecule has 1 unspecified atom stereocenters. The van der Waals surface area contributed by atoms with Gasteiger partial charge in [-0.3, -0.25) is 9.59 Å². The first-order valence-electron chi connectivity index (χ1n) is 12.0. The molecule has 2 heterocycles. The predicted octanol–water partition coefficient (Wildman–Crippen LogP) is 3.20. The van der Waals surface area contributed by atoms with E-state index in [-0.39, 0.29) is 11.8 Å². The van der Waals surface area contributed by atoms with Crippen molar-refractivity contribution in [1.82, 2.24) is 4.98 Å². The lowest BCUT2D eigenvalue weighted by Gasteiger charge is -2.34. The summed E-state index contributed by atoms with van der Waals surface area (Å²) in [5, 5.41) is 13.3. The summed E-state index contributed by atoms with van der Waals surface area (Å²) in [6, 6.07) is 10.7. The van der Waals surface area contributed by atoms with Crippen LogP contribution in [0.4, 0.5) is 11.6 Å². The van der Waals surface area contributed by atoms with Crippen molar-refractivity contribution in [2.24, 2.45) is 17.4 Å². The van der Waals surface area contributed by atoms with Crippen molar-refractivity contribution in [3.8, 4) is 6.07 Å². The number of hydrogen-bond acceptors (Lipinski definition) is 6. The lowest BCUT2D eigenvalue weighted by atomic mass is 9.93. The highest BCUT2D eigenvalue weighted by Gasteiger charge is 2.29. The Morgan fingerprint density at radius 1 is 1.18 bits per heavy atom. The largest absolute Gasteiger partial charge is 0.369 e. The molecule has 8 heteroatoms. The minimum absolute atomic E-state index is 0.130. The smallest absolute Gasteiger partial charge is 0.244 e. The lowest BCUT2D eigenvalue weighted by molar-refractivity contribution is -0.122. The van der Waals surface area contributed by atoms with E-state index in [0.29, 0.717) is 49.3 Å². The number of aromatic nitrogens is 1. The molecule has 3 rings (SSSR count). The van der Waals surface area contributed by atoms with E-state index in [1.807, 2.05) is 37.3 Å². The van der Waals surface area contributed by atoms with Gasteiger partial charge in [0.25, 0.3) is 0 Å². The number of pyridine rings is 1.